The van der Waals surface area contributed by atoms with Crippen LogP contribution in [0.1, 0.15) is 50.9 Å². The van der Waals surface area contributed by atoms with Crippen molar-refractivity contribution >= 4 is 17.1 Å². The van der Waals surface area contributed by atoms with Crippen LogP contribution in [0, 0.1) is 5.92 Å². The highest BCUT2D eigenvalue weighted by Crippen LogP contribution is 2.39. The van der Waals surface area contributed by atoms with Gasteiger partial charge in [-0.2, -0.15) is 0 Å². The van der Waals surface area contributed by atoms with Gasteiger partial charge >= 0.3 is 6.16 Å². The molecule has 0 saturated heterocycles. The molecule has 1 atom stereocenters. The van der Waals surface area contributed by atoms with Crippen LogP contribution >= 0.6 is 0 Å². The number of benzene rings is 1. The molecule has 4 nitrogen and oxygen atoms in total. The van der Waals surface area contributed by atoms with Crippen LogP contribution in [0.3, 0.4) is 0 Å². The van der Waals surface area contributed by atoms with E-state index >= 15 is 0 Å². The van der Waals surface area contributed by atoms with Gasteiger partial charge in [-0.1, -0.05) is 39.5 Å². The van der Waals surface area contributed by atoms with E-state index in [-0.39, 0.29) is 7.43 Å². The molecule has 28 heavy (non-hydrogen) atoms. The van der Waals surface area contributed by atoms with E-state index in [1.165, 1.54) is 35.0 Å². The molecule has 4 heteroatoms. The lowest BCUT2D eigenvalue weighted by molar-refractivity contribution is 0.122. The molecule has 0 aliphatic heterocycles. The van der Waals surface area contributed by atoms with Crippen LogP contribution in [0.2, 0.25) is 0 Å². The molecular formula is C24H31NO3. The number of aromatic nitrogens is 1. The molecule has 1 aromatic carbocycles. The number of ether oxygens (including phenoxy) is 2. The Hall–Kier alpha value is -2.49. The van der Waals surface area contributed by atoms with E-state index in [0.29, 0.717) is 11.7 Å². The van der Waals surface area contributed by atoms with Gasteiger partial charge in [-0.25, -0.2) is 4.79 Å². The SMILES string of the molecule is C.CCc1cc2c(OC(=O)OC)cc3c(c2n1CC1=CCC(C)C=C1)CCC3. The molecule has 1 unspecified atom stereocenters. The van der Waals surface area contributed by atoms with Gasteiger partial charge in [0.2, 0.25) is 0 Å². The average molecular weight is 382 g/mol. The van der Waals surface area contributed by atoms with Crippen LogP contribution in [0.15, 0.2) is 35.9 Å². The smallest absolute Gasteiger partial charge is 0.437 e. The van der Waals surface area contributed by atoms with Crippen molar-refractivity contribution in [1.29, 1.82) is 0 Å². The molecule has 0 radical (unpaired) electrons. The Balaban J connectivity index is 0.00000225. The second kappa shape index (κ2) is 8.26. The Morgan fingerprint density at radius 3 is 2.79 bits per heavy atom. The number of fused-ring (bicyclic) bond motifs is 3. The highest BCUT2D eigenvalue weighted by atomic mass is 16.7. The van der Waals surface area contributed by atoms with Crippen molar-refractivity contribution < 1.29 is 14.3 Å². The number of allylic oxidation sites excluding steroid dienone is 4. The summed E-state index contributed by atoms with van der Waals surface area (Å²) in [6.45, 7) is 5.29. The van der Waals surface area contributed by atoms with Crippen molar-refractivity contribution in [3.63, 3.8) is 0 Å². The molecule has 0 amide bonds. The lowest BCUT2D eigenvalue weighted by atomic mass is 9.98. The van der Waals surface area contributed by atoms with E-state index in [9.17, 15) is 4.79 Å². The van der Waals surface area contributed by atoms with E-state index in [4.69, 9.17) is 9.47 Å². The van der Waals surface area contributed by atoms with E-state index < -0.39 is 6.16 Å². The third-order valence-corrected chi connectivity index (χ3v) is 5.75. The van der Waals surface area contributed by atoms with Gasteiger partial charge in [0.1, 0.15) is 5.75 Å². The third kappa shape index (κ3) is 3.60. The fourth-order valence-electron chi connectivity index (χ4n) is 4.31. The van der Waals surface area contributed by atoms with Crippen LogP contribution in [0.5, 0.6) is 5.75 Å². The fourth-order valence-corrected chi connectivity index (χ4v) is 4.31. The molecule has 2 aliphatic rings. The van der Waals surface area contributed by atoms with Crippen molar-refractivity contribution in [2.75, 3.05) is 7.11 Å². The zero-order chi connectivity index (χ0) is 19.0. The maximum absolute atomic E-state index is 11.8. The lowest BCUT2D eigenvalue weighted by Gasteiger charge is -2.17. The quantitative estimate of drug-likeness (QED) is 0.482. The van der Waals surface area contributed by atoms with Gasteiger partial charge in [0.25, 0.3) is 0 Å². The Labute approximate surface area is 167 Å². The maximum Gasteiger partial charge on any atom is 0.513 e. The highest BCUT2D eigenvalue weighted by molar-refractivity contribution is 5.93. The van der Waals surface area contributed by atoms with Gasteiger partial charge < -0.3 is 14.0 Å². The minimum atomic E-state index is -0.660. The largest absolute Gasteiger partial charge is 0.513 e. The molecular weight excluding hydrogens is 350 g/mol. The summed E-state index contributed by atoms with van der Waals surface area (Å²) in [5.41, 5.74) is 6.56. The topological polar surface area (TPSA) is 40.5 Å². The first-order valence-electron chi connectivity index (χ1n) is 9.90. The zero-order valence-electron chi connectivity index (χ0n) is 16.4. The molecule has 4 rings (SSSR count). The molecule has 0 bridgehead atoms. The molecule has 2 aliphatic carbocycles. The van der Waals surface area contributed by atoms with Gasteiger partial charge in [0.15, 0.2) is 0 Å². The van der Waals surface area contributed by atoms with Crippen molar-refractivity contribution in [2.45, 2.75) is 59.9 Å². The van der Waals surface area contributed by atoms with Crippen molar-refractivity contribution in [2.24, 2.45) is 5.92 Å². The highest BCUT2D eigenvalue weighted by Gasteiger charge is 2.24. The van der Waals surface area contributed by atoms with Gasteiger partial charge in [0.05, 0.1) is 12.6 Å². The van der Waals surface area contributed by atoms with E-state index in [1.54, 1.807) is 0 Å². The first kappa shape index (κ1) is 20.2. The van der Waals surface area contributed by atoms with E-state index in [2.05, 4.69) is 42.7 Å². The maximum atomic E-state index is 11.8. The van der Waals surface area contributed by atoms with Crippen molar-refractivity contribution in [3.8, 4) is 5.75 Å². The predicted molar refractivity (Wildman–Crippen MR) is 114 cm³/mol. The molecule has 0 spiro atoms. The second-order valence-corrected chi connectivity index (χ2v) is 7.61. The van der Waals surface area contributed by atoms with Gasteiger partial charge in [-0.05, 0) is 66.9 Å². The lowest BCUT2D eigenvalue weighted by Crippen LogP contribution is -2.09. The zero-order valence-corrected chi connectivity index (χ0v) is 16.4. The molecule has 150 valence electrons. The van der Waals surface area contributed by atoms with Crippen LogP contribution in [0.25, 0.3) is 10.9 Å². The summed E-state index contributed by atoms with van der Waals surface area (Å²) in [5, 5.41) is 1.02. The number of nitrogens with zero attached hydrogens (tertiary/aromatic N) is 1. The number of carbonyl (C=O) groups is 1. The molecule has 1 heterocycles. The van der Waals surface area contributed by atoms with Gasteiger partial charge in [-0.3, -0.25) is 0 Å². The number of hydrogen-bond donors (Lipinski definition) is 0. The molecule has 2 aromatic rings. The van der Waals surface area contributed by atoms with Crippen molar-refractivity contribution in [1.82, 2.24) is 4.57 Å². The first-order chi connectivity index (χ1) is 13.1. The summed E-state index contributed by atoms with van der Waals surface area (Å²) < 4.78 is 12.7. The number of carbonyl (C=O) groups excluding carboxylic acids is 1. The average Bonchev–Trinajstić information content (AvgIpc) is 3.27. The Bertz CT molecular complexity index is 949. The van der Waals surface area contributed by atoms with Gasteiger partial charge in [-0.15, -0.1) is 0 Å². The minimum Gasteiger partial charge on any atom is -0.437 e. The number of rotatable bonds is 4. The normalized spacial score (nSPS) is 17.8. The van der Waals surface area contributed by atoms with Crippen molar-refractivity contribution in [3.05, 3.63) is 52.8 Å². The standard InChI is InChI=1S/C23H27NO3.CH4/c1-4-18-13-20-21(27-23(25)26-3)12-17-6-5-7-19(17)22(20)24(18)14-16-10-8-15(2)9-11-16;/h8,10-13,15H,4-7,9,14H2,1-3H3;1H4. The van der Waals surface area contributed by atoms with E-state index in [0.717, 1.165) is 44.0 Å². The predicted octanol–water partition coefficient (Wildman–Crippen LogP) is 6.00. The summed E-state index contributed by atoms with van der Waals surface area (Å²) in [5.74, 6) is 1.23. The van der Waals surface area contributed by atoms with Crippen LogP contribution in [-0.4, -0.2) is 17.8 Å². The van der Waals surface area contributed by atoms with Crippen LogP contribution in [-0.2, 0) is 30.5 Å². The second-order valence-electron chi connectivity index (χ2n) is 7.61. The Morgan fingerprint density at radius 2 is 2.11 bits per heavy atom. The van der Waals surface area contributed by atoms with Crippen LogP contribution < -0.4 is 4.74 Å². The minimum absolute atomic E-state index is 0. The summed E-state index contributed by atoms with van der Waals surface area (Å²) in [6, 6.07) is 4.22. The number of hydrogen-bond acceptors (Lipinski definition) is 3. The third-order valence-electron chi connectivity index (χ3n) is 5.75. The number of methoxy groups -OCH3 is 1. The summed E-state index contributed by atoms with van der Waals surface area (Å²) in [7, 11) is 1.35. The van der Waals surface area contributed by atoms with Gasteiger partial charge in [0, 0.05) is 17.6 Å². The first-order valence-corrected chi connectivity index (χ1v) is 9.90. The van der Waals surface area contributed by atoms with Crippen LogP contribution in [0.4, 0.5) is 4.79 Å². The summed E-state index contributed by atoms with van der Waals surface area (Å²) in [4.78, 5) is 11.8. The molecule has 1 aromatic heterocycles. The Morgan fingerprint density at radius 1 is 1.29 bits per heavy atom. The Kier molecular flexibility index (Phi) is 5.97. The summed E-state index contributed by atoms with van der Waals surface area (Å²) >= 11 is 0. The fraction of sp³-hybridized carbons (Fsp3) is 0.458. The molecule has 0 N–H and O–H groups in total. The number of aryl methyl sites for hydroxylation is 3. The molecule has 0 saturated carbocycles. The van der Waals surface area contributed by atoms with E-state index in [1.807, 2.05) is 6.07 Å². The molecule has 0 fully saturated rings. The monoisotopic (exact) mass is 381 g/mol. The summed E-state index contributed by atoms with van der Waals surface area (Å²) in [6.07, 6.45) is 11.6.